The van der Waals surface area contributed by atoms with E-state index in [9.17, 15) is 5.11 Å². The Hall–Kier alpha value is -2.04. The van der Waals surface area contributed by atoms with Gasteiger partial charge in [0.1, 0.15) is 11.9 Å². The second-order valence-corrected chi connectivity index (χ2v) is 10.6. The van der Waals surface area contributed by atoms with Gasteiger partial charge in [-0.1, -0.05) is 30.3 Å². The summed E-state index contributed by atoms with van der Waals surface area (Å²) >= 11 is 0. The summed E-state index contributed by atoms with van der Waals surface area (Å²) in [6.45, 7) is 3.09. The number of hydrogen-bond acceptors (Lipinski definition) is 4. The quantitative estimate of drug-likeness (QED) is 0.765. The zero-order valence-corrected chi connectivity index (χ0v) is 18.1. The van der Waals surface area contributed by atoms with Crippen LogP contribution in [-0.2, 0) is 18.4 Å². The second-order valence-electron chi connectivity index (χ2n) is 10.6. The SMILES string of the molecule is O[C@@]12CCC[C@@H]3Oc4ccc(NCc5ccccc5)c5c4[C@@]31CCN(CC1CC1)[C@@H]2C5. The van der Waals surface area contributed by atoms with E-state index in [2.05, 4.69) is 52.7 Å². The average molecular weight is 417 g/mol. The molecule has 4 nitrogen and oxygen atoms in total. The van der Waals surface area contributed by atoms with Gasteiger partial charge in [-0.05, 0) is 80.7 Å². The number of nitrogens with one attached hydrogen (secondary N) is 1. The van der Waals surface area contributed by atoms with Crippen LogP contribution in [0, 0.1) is 5.92 Å². The molecule has 2 aliphatic heterocycles. The Kier molecular flexibility index (Phi) is 3.88. The van der Waals surface area contributed by atoms with Gasteiger partial charge < -0.3 is 15.2 Å². The molecule has 3 aliphatic carbocycles. The van der Waals surface area contributed by atoms with Gasteiger partial charge in [0.25, 0.3) is 0 Å². The van der Waals surface area contributed by atoms with Crippen LogP contribution in [-0.4, -0.2) is 40.8 Å². The highest BCUT2D eigenvalue weighted by atomic mass is 16.5. The molecule has 1 saturated heterocycles. The summed E-state index contributed by atoms with van der Waals surface area (Å²) in [5.74, 6) is 1.89. The normalized spacial score (nSPS) is 35.4. The van der Waals surface area contributed by atoms with Crippen LogP contribution < -0.4 is 10.1 Å². The van der Waals surface area contributed by atoms with Crippen molar-refractivity contribution in [3.63, 3.8) is 0 Å². The fraction of sp³-hybridized carbons (Fsp3) is 0.556. The molecule has 4 heteroatoms. The summed E-state index contributed by atoms with van der Waals surface area (Å²) in [6, 6.07) is 15.2. The molecular formula is C27H32N2O2. The van der Waals surface area contributed by atoms with Crippen LogP contribution in [0.1, 0.15) is 55.2 Å². The third-order valence-corrected chi connectivity index (χ3v) is 9.03. The van der Waals surface area contributed by atoms with E-state index in [0.717, 1.165) is 63.4 Å². The Morgan fingerprint density at radius 1 is 1.06 bits per heavy atom. The largest absolute Gasteiger partial charge is 0.489 e. The van der Waals surface area contributed by atoms with Gasteiger partial charge in [-0.15, -0.1) is 0 Å². The van der Waals surface area contributed by atoms with Crippen LogP contribution in [0.4, 0.5) is 5.69 Å². The first kappa shape index (κ1) is 18.5. The maximum Gasteiger partial charge on any atom is 0.124 e. The summed E-state index contributed by atoms with van der Waals surface area (Å²) in [5.41, 5.74) is 4.41. The Labute approximate surface area is 184 Å². The minimum Gasteiger partial charge on any atom is -0.489 e. The summed E-state index contributed by atoms with van der Waals surface area (Å²) in [6.07, 6.45) is 7.87. The highest BCUT2D eigenvalue weighted by Crippen LogP contribution is 2.65. The lowest BCUT2D eigenvalue weighted by atomic mass is 9.49. The molecule has 2 N–H and O–H groups in total. The molecule has 5 aliphatic rings. The van der Waals surface area contributed by atoms with Gasteiger partial charge in [0.15, 0.2) is 0 Å². The number of benzene rings is 2. The van der Waals surface area contributed by atoms with Crippen LogP contribution >= 0.6 is 0 Å². The van der Waals surface area contributed by atoms with Gasteiger partial charge in [-0.2, -0.15) is 0 Å². The Balaban J connectivity index is 1.32. The molecule has 0 amide bonds. The molecule has 162 valence electrons. The topological polar surface area (TPSA) is 44.7 Å². The van der Waals surface area contributed by atoms with E-state index in [1.807, 2.05) is 0 Å². The molecule has 2 aromatic rings. The minimum atomic E-state index is -0.653. The highest BCUT2D eigenvalue weighted by Gasteiger charge is 2.71. The third-order valence-electron chi connectivity index (χ3n) is 9.03. The van der Waals surface area contributed by atoms with Crippen molar-refractivity contribution < 1.29 is 9.84 Å². The number of ether oxygens (including phenoxy) is 1. The van der Waals surface area contributed by atoms with Gasteiger partial charge in [0, 0.05) is 30.4 Å². The first-order valence-electron chi connectivity index (χ1n) is 12.3. The Morgan fingerprint density at radius 2 is 1.94 bits per heavy atom. The monoisotopic (exact) mass is 416 g/mol. The first-order chi connectivity index (χ1) is 15.2. The molecule has 1 spiro atoms. The lowest BCUT2D eigenvalue weighted by Crippen LogP contribution is -2.75. The fourth-order valence-electron chi connectivity index (χ4n) is 7.47. The molecule has 2 heterocycles. The van der Waals surface area contributed by atoms with E-state index >= 15 is 0 Å². The predicted octanol–water partition coefficient (Wildman–Crippen LogP) is 4.25. The first-order valence-corrected chi connectivity index (χ1v) is 12.3. The molecule has 4 atom stereocenters. The van der Waals surface area contributed by atoms with Crippen LogP contribution in [0.2, 0.25) is 0 Å². The molecule has 0 unspecified atom stereocenters. The van der Waals surface area contributed by atoms with E-state index in [4.69, 9.17) is 4.74 Å². The highest BCUT2D eigenvalue weighted by molar-refractivity contribution is 5.67. The molecule has 3 fully saturated rings. The number of hydrogen-bond donors (Lipinski definition) is 2. The number of nitrogens with zero attached hydrogens (tertiary/aromatic N) is 1. The summed E-state index contributed by atoms with van der Waals surface area (Å²) in [5, 5.41) is 16.1. The van der Waals surface area contributed by atoms with Gasteiger partial charge in [0.2, 0.25) is 0 Å². The van der Waals surface area contributed by atoms with Gasteiger partial charge in [-0.3, -0.25) is 4.90 Å². The van der Waals surface area contributed by atoms with Crippen molar-refractivity contribution in [3.05, 3.63) is 59.2 Å². The van der Waals surface area contributed by atoms with E-state index in [-0.39, 0.29) is 17.6 Å². The molecule has 0 radical (unpaired) electrons. The van der Waals surface area contributed by atoms with Crippen molar-refractivity contribution >= 4 is 5.69 Å². The fourth-order valence-corrected chi connectivity index (χ4v) is 7.47. The standard InChI is InChI=1S/C27H32N2O2/c30-27-12-4-7-24-26(27)13-14-29(17-19-8-9-19)23(27)15-20-21(10-11-22(31-24)25(20)26)28-16-18-5-2-1-3-6-18/h1-3,5-6,10-11,19,23-24,28,30H,4,7-9,12-17H2/t23-,24+,26-,27-/m1/s1. The molecule has 2 bridgehead atoms. The van der Waals surface area contributed by atoms with Gasteiger partial charge >= 0.3 is 0 Å². The smallest absolute Gasteiger partial charge is 0.124 e. The number of aliphatic hydroxyl groups is 1. The zero-order valence-electron chi connectivity index (χ0n) is 18.1. The van der Waals surface area contributed by atoms with E-state index in [0.29, 0.717) is 0 Å². The van der Waals surface area contributed by atoms with Crippen molar-refractivity contribution in [2.75, 3.05) is 18.4 Å². The van der Waals surface area contributed by atoms with Crippen molar-refractivity contribution in [3.8, 4) is 5.75 Å². The molecule has 0 aromatic heterocycles. The number of rotatable bonds is 5. The minimum absolute atomic E-state index is 0.134. The molecular weight excluding hydrogens is 384 g/mol. The molecule has 2 aromatic carbocycles. The summed E-state index contributed by atoms with van der Waals surface area (Å²) in [7, 11) is 0. The average Bonchev–Trinajstić information content (AvgIpc) is 3.53. The second kappa shape index (κ2) is 6.49. The maximum atomic E-state index is 12.4. The summed E-state index contributed by atoms with van der Waals surface area (Å²) in [4.78, 5) is 2.65. The predicted molar refractivity (Wildman–Crippen MR) is 122 cm³/mol. The van der Waals surface area contributed by atoms with E-state index in [1.165, 1.54) is 35.2 Å². The van der Waals surface area contributed by atoms with Crippen LogP contribution in [0.5, 0.6) is 5.75 Å². The van der Waals surface area contributed by atoms with Crippen LogP contribution in [0.3, 0.4) is 0 Å². The molecule has 31 heavy (non-hydrogen) atoms. The Morgan fingerprint density at radius 3 is 2.77 bits per heavy atom. The third kappa shape index (κ3) is 2.49. The van der Waals surface area contributed by atoms with E-state index in [1.54, 1.807) is 0 Å². The van der Waals surface area contributed by atoms with Crippen LogP contribution in [0.15, 0.2) is 42.5 Å². The maximum absolute atomic E-state index is 12.4. The zero-order chi connectivity index (χ0) is 20.6. The molecule has 2 saturated carbocycles. The van der Waals surface area contributed by atoms with E-state index < -0.39 is 5.60 Å². The van der Waals surface area contributed by atoms with Crippen molar-refractivity contribution in [1.29, 1.82) is 0 Å². The lowest BCUT2D eigenvalue weighted by molar-refractivity contribution is -0.185. The Bertz CT molecular complexity index is 1020. The van der Waals surface area contributed by atoms with Crippen LogP contribution in [0.25, 0.3) is 0 Å². The number of anilines is 1. The van der Waals surface area contributed by atoms with Crippen molar-refractivity contribution in [1.82, 2.24) is 4.90 Å². The molecule has 7 rings (SSSR count). The lowest BCUT2D eigenvalue weighted by Gasteiger charge is -2.63. The van der Waals surface area contributed by atoms with Crippen molar-refractivity contribution in [2.24, 2.45) is 5.92 Å². The van der Waals surface area contributed by atoms with Gasteiger partial charge in [-0.25, -0.2) is 0 Å². The summed E-state index contributed by atoms with van der Waals surface area (Å²) < 4.78 is 6.58. The number of piperidine rings is 1. The number of likely N-dealkylation sites (tertiary alicyclic amines) is 1. The van der Waals surface area contributed by atoms with Crippen molar-refractivity contribution in [2.45, 2.75) is 74.7 Å². The van der Waals surface area contributed by atoms with Gasteiger partial charge in [0.05, 0.1) is 11.0 Å².